The zero-order chi connectivity index (χ0) is 32.8. The lowest BCUT2D eigenvalue weighted by Gasteiger charge is -2.30. The lowest BCUT2D eigenvalue weighted by molar-refractivity contribution is -0.150. The summed E-state index contributed by atoms with van der Waals surface area (Å²) in [5.41, 5.74) is 1.47. The minimum absolute atomic E-state index is 0.0658. The molecule has 1 heterocycles. The minimum atomic E-state index is -3.93. The highest BCUT2D eigenvalue weighted by Crippen LogP contribution is 2.40. The predicted octanol–water partition coefficient (Wildman–Crippen LogP) is 6.73. The molecule has 246 valence electrons. The fourth-order valence-corrected chi connectivity index (χ4v) is 8.47. The number of rotatable bonds is 13. The van der Waals surface area contributed by atoms with Crippen LogP contribution in [0.1, 0.15) is 102 Å². The molecule has 1 aromatic heterocycles. The lowest BCUT2D eigenvalue weighted by atomic mass is 9.86. The lowest BCUT2D eigenvalue weighted by Crippen LogP contribution is -2.42. The highest BCUT2D eigenvalue weighted by atomic mass is 32.2. The van der Waals surface area contributed by atoms with E-state index in [0.717, 1.165) is 35.6 Å². The van der Waals surface area contributed by atoms with Crippen LogP contribution in [0.15, 0.2) is 59.6 Å². The number of amides is 1. The van der Waals surface area contributed by atoms with E-state index >= 15 is 0 Å². The molecule has 0 radical (unpaired) electrons. The van der Waals surface area contributed by atoms with Crippen LogP contribution >= 0.6 is 11.3 Å². The fourth-order valence-electron chi connectivity index (χ4n) is 5.61. The second-order valence-corrected chi connectivity index (χ2v) is 16.0. The Balaban J connectivity index is 1.49. The first-order valence-electron chi connectivity index (χ1n) is 15.8. The number of sulfonamides is 1. The topological polar surface area (TPSA) is 130 Å². The van der Waals surface area contributed by atoms with Gasteiger partial charge < -0.3 is 15.2 Å². The van der Waals surface area contributed by atoms with Crippen LogP contribution in [0, 0.1) is 0 Å². The molecule has 1 aliphatic rings. The van der Waals surface area contributed by atoms with E-state index < -0.39 is 22.0 Å². The number of aliphatic hydroxyl groups is 1. The third kappa shape index (κ3) is 10.4. The molecule has 0 saturated heterocycles. The number of carbonyl (C=O) groups excluding carboxylic acids is 1. The van der Waals surface area contributed by atoms with Crippen molar-refractivity contribution in [1.29, 1.82) is 0 Å². The van der Waals surface area contributed by atoms with Gasteiger partial charge in [-0.25, -0.2) is 18.1 Å². The number of aromatic nitrogens is 1. The Labute approximate surface area is 272 Å². The predicted molar refractivity (Wildman–Crippen MR) is 181 cm³/mol. The van der Waals surface area contributed by atoms with Gasteiger partial charge in [-0.2, -0.15) is 0 Å². The van der Waals surface area contributed by atoms with Gasteiger partial charge in [0.1, 0.15) is 0 Å². The highest BCUT2D eigenvalue weighted by Gasteiger charge is 2.29. The number of nitrogens with one attached hydrogen (secondary N) is 3. The van der Waals surface area contributed by atoms with Gasteiger partial charge in [0, 0.05) is 41.4 Å². The van der Waals surface area contributed by atoms with Crippen LogP contribution in [-0.2, 0) is 19.6 Å². The van der Waals surface area contributed by atoms with Crippen molar-refractivity contribution in [3.8, 4) is 10.4 Å². The summed E-state index contributed by atoms with van der Waals surface area (Å²) < 4.78 is 35.5. The number of hydrogen-bond donors (Lipinski definition) is 4. The van der Waals surface area contributed by atoms with E-state index in [1.165, 1.54) is 16.9 Å². The monoisotopic (exact) mass is 656 g/mol. The summed E-state index contributed by atoms with van der Waals surface area (Å²) in [5.74, 6) is 0.323. The first kappa shape index (κ1) is 35.2. The van der Waals surface area contributed by atoms with Crippen molar-refractivity contribution in [1.82, 2.24) is 15.0 Å². The number of aliphatic hydroxyl groups excluding tert-OH is 1. The van der Waals surface area contributed by atoms with Gasteiger partial charge in [-0.05, 0) is 90.3 Å². The van der Waals surface area contributed by atoms with Crippen LogP contribution in [0.2, 0.25) is 0 Å². The summed E-state index contributed by atoms with van der Waals surface area (Å²) in [5, 5.41) is 17.1. The Kier molecular flexibility index (Phi) is 11.9. The standard InChI is InChI=1S/C34H48N4O5S2/c1-22(2)43-33(40)37-26-15-13-25(14-16-26)32-35-21-29(44-32)28-18-17-27(20-30(28)45(41,42)38-34(4,5)6)36-31(39)19-12-23(3)24-10-8-7-9-11-24/h7-11,17-18,20-23,25-26,33,37-38,40H,12-16,19H2,1-6H3,(H,36,39)/t23-,25?,26?,33?/m1/s1. The van der Waals surface area contributed by atoms with Gasteiger partial charge in [0.2, 0.25) is 22.3 Å². The second-order valence-electron chi connectivity index (χ2n) is 13.3. The zero-order valence-corrected chi connectivity index (χ0v) is 28.8. The van der Waals surface area contributed by atoms with E-state index in [2.05, 4.69) is 34.4 Å². The smallest absolute Gasteiger partial charge is 0.241 e. The summed E-state index contributed by atoms with van der Waals surface area (Å²) in [6, 6.07) is 15.3. The number of thiazole rings is 1. The maximum absolute atomic E-state index is 13.7. The molecule has 2 aromatic carbocycles. The third-order valence-corrected chi connectivity index (χ3v) is 10.8. The summed E-state index contributed by atoms with van der Waals surface area (Å²) in [6.07, 6.45) is 5.28. The van der Waals surface area contributed by atoms with E-state index in [1.54, 1.807) is 45.2 Å². The largest absolute Gasteiger partial charge is 0.356 e. The molecule has 3 aromatic rings. The van der Waals surface area contributed by atoms with Crippen molar-refractivity contribution in [2.45, 2.75) is 121 Å². The first-order chi connectivity index (χ1) is 21.2. The maximum atomic E-state index is 13.7. The molecular weight excluding hydrogens is 609 g/mol. The highest BCUT2D eigenvalue weighted by molar-refractivity contribution is 7.89. The van der Waals surface area contributed by atoms with E-state index in [4.69, 9.17) is 9.72 Å². The molecule has 1 fully saturated rings. The first-order valence-corrected chi connectivity index (χ1v) is 18.1. The molecule has 4 rings (SSSR count). The molecule has 1 amide bonds. The van der Waals surface area contributed by atoms with Gasteiger partial charge in [0.15, 0.2) is 0 Å². The van der Waals surface area contributed by atoms with Crippen LogP contribution in [-0.4, -0.2) is 48.5 Å². The third-order valence-electron chi connectivity index (χ3n) is 7.81. The zero-order valence-electron chi connectivity index (χ0n) is 27.2. The SMILES string of the molecule is CC(C)OC(O)NC1CCC(c2ncc(-c3ccc(NC(=O)CC[C@@H](C)c4ccccc4)cc3S(=O)(=O)NC(C)(C)C)s2)CC1. The molecule has 9 nitrogen and oxygen atoms in total. The second kappa shape index (κ2) is 15.3. The Morgan fingerprint density at radius 3 is 2.40 bits per heavy atom. The average Bonchev–Trinajstić information content (AvgIpc) is 3.45. The maximum Gasteiger partial charge on any atom is 0.241 e. The normalized spacial score (nSPS) is 18.9. The van der Waals surface area contributed by atoms with Gasteiger partial charge in [0.05, 0.1) is 20.9 Å². The van der Waals surface area contributed by atoms with Gasteiger partial charge >= 0.3 is 0 Å². The van der Waals surface area contributed by atoms with Gasteiger partial charge in [-0.3, -0.25) is 10.1 Å². The summed E-state index contributed by atoms with van der Waals surface area (Å²) >= 11 is 1.51. The number of nitrogens with zero attached hydrogens (tertiary/aromatic N) is 1. The summed E-state index contributed by atoms with van der Waals surface area (Å²) in [6.45, 7) is 11.3. The molecule has 0 aliphatic heterocycles. The average molecular weight is 657 g/mol. The number of benzene rings is 2. The number of ether oxygens (including phenoxy) is 1. The van der Waals surface area contributed by atoms with Crippen LogP contribution in [0.4, 0.5) is 5.69 Å². The van der Waals surface area contributed by atoms with Crippen molar-refractivity contribution < 1.29 is 23.1 Å². The number of carbonyl (C=O) groups is 1. The van der Waals surface area contributed by atoms with E-state index in [0.29, 0.717) is 24.1 Å². The Morgan fingerprint density at radius 1 is 1.07 bits per heavy atom. The summed E-state index contributed by atoms with van der Waals surface area (Å²) in [7, 11) is -3.93. The molecular formula is C34H48N4O5S2. The Morgan fingerprint density at radius 2 is 1.76 bits per heavy atom. The molecule has 45 heavy (non-hydrogen) atoms. The Bertz CT molecular complexity index is 1510. The van der Waals surface area contributed by atoms with E-state index in [1.807, 2.05) is 32.0 Å². The van der Waals surface area contributed by atoms with Gasteiger partial charge in [0.25, 0.3) is 0 Å². The summed E-state index contributed by atoms with van der Waals surface area (Å²) in [4.78, 5) is 18.5. The molecule has 2 atom stereocenters. The van der Waals surface area contributed by atoms with Gasteiger partial charge in [-0.1, -0.05) is 43.3 Å². The van der Waals surface area contributed by atoms with E-state index in [9.17, 15) is 18.3 Å². The van der Waals surface area contributed by atoms with Crippen molar-refractivity contribution in [3.63, 3.8) is 0 Å². The van der Waals surface area contributed by atoms with Crippen molar-refractivity contribution >= 4 is 33.0 Å². The van der Waals surface area contributed by atoms with Gasteiger partial charge in [-0.15, -0.1) is 11.3 Å². The van der Waals surface area contributed by atoms with Crippen molar-refractivity contribution in [2.75, 3.05) is 5.32 Å². The van der Waals surface area contributed by atoms with Crippen LogP contribution < -0.4 is 15.4 Å². The fraction of sp³-hybridized carbons (Fsp3) is 0.529. The molecule has 11 heteroatoms. The van der Waals surface area contributed by atoms with Crippen molar-refractivity contribution in [2.24, 2.45) is 0 Å². The van der Waals surface area contributed by atoms with Crippen LogP contribution in [0.5, 0.6) is 0 Å². The molecule has 1 aliphatic carbocycles. The molecule has 1 saturated carbocycles. The molecule has 0 bridgehead atoms. The number of anilines is 1. The molecule has 4 N–H and O–H groups in total. The minimum Gasteiger partial charge on any atom is -0.356 e. The quantitative estimate of drug-likeness (QED) is 0.150. The van der Waals surface area contributed by atoms with Crippen molar-refractivity contribution in [3.05, 3.63) is 65.3 Å². The molecule has 0 spiro atoms. The molecule has 1 unspecified atom stereocenters. The van der Waals surface area contributed by atoms with Crippen LogP contribution in [0.25, 0.3) is 10.4 Å². The number of hydrogen-bond acceptors (Lipinski definition) is 8. The Hall–Kier alpha value is -2.67. The van der Waals surface area contributed by atoms with E-state index in [-0.39, 0.29) is 34.8 Å². The van der Waals surface area contributed by atoms with Crippen LogP contribution in [0.3, 0.4) is 0 Å².